The van der Waals surface area contributed by atoms with Crippen LogP contribution in [-0.4, -0.2) is 51.8 Å². The van der Waals surface area contributed by atoms with Crippen LogP contribution in [0.2, 0.25) is 0 Å². The van der Waals surface area contributed by atoms with Crippen molar-refractivity contribution in [1.82, 2.24) is 19.3 Å². The fourth-order valence-electron chi connectivity index (χ4n) is 3.39. The largest absolute Gasteiger partial charge is 0.313 e. The van der Waals surface area contributed by atoms with Crippen molar-refractivity contribution in [3.63, 3.8) is 0 Å². The molecule has 9 heteroatoms. The smallest absolute Gasteiger partial charge is 0.203 e. The number of nitrogens with zero attached hydrogens (tertiary/aromatic N) is 4. The Morgan fingerprint density at radius 1 is 1.50 bits per heavy atom. The number of pyridine rings is 1. The Morgan fingerprint density at radius 3 is 2.88 bits per heavy atom. The van der Waals surface area contributed by atoms with Crippen LogP contribution in [0.25, 0.3) is 11.4 Å². The Morgan fingerprint density at radius 2 is 2.31 bits per heavy atom. The van der Waals surface area contributed by atoms with E-state index in [0.717, 1.165) is 17.9 Å². The third-order valence-corrected chi connectivity index (χ3v) is 6.97. The van der Waals surface area contributed by atoms with Gasteiger partial charge in [-0.2, -0.15) is 4.68 Å². The number of rotatable bonds is 7. The fraction of sp³-hybridized carbons (Fsp3) is 0.471. The van der Waals surface area contributed by atoms with Crippen molar-refractivity contribution in [1.29, 1.82) is 0 Å². The average Bonchev–Trinajstić information content (AvgIpc) is 3.14. The zero-order valence-corrected chi connectivity index (χ0v) is 16.5. The minimum Gasteiger partial charge on any atom is -0.313 e. The number of quaternary nitrogens is 1. The van der Waals surface area contributed by atoms with Crippen LogP contribution in [-0.2, 0) is 23.1 Å². The molecule has 0 spiro atoms. The van der Waals surface area contributed by atoms with Gasteiger partial charge in [0.1, 0.15) is 11.8 Å². The highest BCUT2D eigenvalue weighted by Gasteiger charge is 2.35. The minimum atomic E-state index is -2.91. The first-order chi connectivity index (χ1) is 12.4. The summed E-state index contributed by atoms with van der Waals surface area (Å²) in [4.78, 5) is 5.35. The topological polar surface area (TPSA) is 74.2 Å². The lowest BCUT2D eigenvalue weighted by Crippen LogP contribution is -3.15. The molecule has 2 aromatic rings. The Bertz CT molecular complexity index is 934. The summed E-state index contributed by atoms with van der Waals surface area (Å²) in [7, 11) is -2.91. The van der Waals surface area contributed by atoms with Crippen molar-refractivity contribution >= 4 is 22.1 Å². The summed E-state index contributed by atoms with van der Waals surface area (Å²) in [6.07, 6.45) is 5.96. The molecule has 1 aliphatic heterocycles. The van der Waals surface area contributed by atoms with Gasteiger partial charge < -0.3 is 4.90 Å². The van der Waals surface area contributed by atoms with E-state index in [1.54, 1.807) is 23.2 Å². The van der Waals surface area contributed by atoms with Crippen molar-refractivity contribution in [2.75, 3.05) is 18.1 Å². The maximum Gasteiger partial charge on any atom is 0.203 e. The predicted molar refractivity (Wildman–Crippen MR) is 103 cm³/mol. The van der Waals surface area contributed by atoms with E-state index in [-0.39, 0.29) is 17.5 Å². The zero-order valence-electron chi connectivity index (χ0n) is 14.8. The molecule has 1 aliphatic rings. The van der Waals surface area contributed by atoms with E-state index in [2.05, 4.69) is 18.5 Å². The Kier molecular flexibility index (Phi) is 5.69. The van der Waals surface area contributed by atoms with Gasteiger partial charge in [0.05, 0.1) is 12.3 Å². The summed E-state index contributed by atoms with van der Waals surface area (Å²) in [5.74, 6) is 1.27. The third-order valence-electron chi connectivity index (χ3n) is 4.77. The minimum absolute atomic E-state index is 0.0956. The van der Waals surface area contributed by atoms with Gasteiger partial charge in [0.25, 0.3) is 0 Å². The Labute approximate surface area is 158 Å². The van der Waals surface area contributed by atoms with Crippen LogP contribution in [0.1, 0.15) is 13.3 Å². The van der Waals surface area contributed by atoms with Crippen molar-refractivity contribution in [3.8, 4) is 11.4 Å². The molecule has 0 saturated carbocycles. The first kappa shape index (κ1) is 18.9. The maximum atomic E-state index is 11.8. The summed E-state index contributed by atoms with van der Waals surface area (Å²) in [6, 6.07) is 3.91. The molecular weight excluding hydrogens is 370 g/mol. The van der Waals surface area contributed by atoms with Crippen LogP contribution < -0.4 is 4.90 Å². The number of hydrogen-bond acceptors (Lipinski definition) is 5. The average molecular weight is 395 g/mol. The van der Waals surface area contributed by atoms with Crippen molar-refractivity contribution in [3.05, 3.63) is 42.0 Å². The monoisotopic (exact) mass is 394 g/mol. The molecule has 0 bridgehead atoms. The summed E-state index contributed by atoms with van der Waals surface area (Å²) in [5.41, 5.74) is 0.890. The lowest BCUT2D eigenvalue weighted by Gasteiger charge is -2.23. The van der Waals surface area contributed by atoms with Gasteiger partial charge in [-0.15, -0.1) is 11.7 Å². The van der Waals surface area contributed by atoms with Gasteiger partial charge in [-0.1, -0.05) is 6.08 Å². The number of hydrogen-bond donors (Lipinski definition) is 1. The second kappa shape index (κ2) is 7.81. The zero-order chi connectivity index (χ0) is 18.7. The SMILES string of the molecule is C=CCn1c(-c2cccnc2)nn(C[NH+](CC)[C@@H]2CCS(=O)(=O)C2)c1=S. The molecule has 140 valence electrons. The molecule has 0 radical (unpaired) electrons. The van der Waals surface area contributed by atoms with Crippen LogP contribution in [0.5, 0.6) is 0 Å². The fourth-order valence-corrected chi connectivity index (χ4v) is 5.48. The summed E-state index contributed by atoms with van der Waals surface area (Å²) >= 11 is 5.63. The normalized spacial score (nSPS) is 20.1. The molecule has 1 saturated heterocycles. The first-order valence-corrected chi connectivity index (χ1v) is 10.9. The molecule has 7 nitrogen and oxygen atoms in total. The highest BCUT2D eigenvalue weighted by Crippen LogP contribution is 2.17. The summed E-state index contributed by atoms with van der Waals surface area (Å²) < 4.78 is 28.0. The van der Waals surface area contributed by atoms with E-state index in [1.165, 1.54) is 4.90 Å². The molecular formula is C17H24N5O2S2+. The van der Waals surface area contributed by atoms with E-state index in [1.807, 2.05) is 16.7 Å². The van der Waals surface area contributed by atoms with Gasteiger partial charge in [0.2, 0.25) is 4.77 Å². The van der Waals surface area contributed by atoms with Crippen molar-refractivity contribution in [2.24, 2.45) is 0 Å². The maximum absolute atomic E-state index is 11.8. The van der Waals surface area contributed by atoms with Crippen LogP contribution in [0.4, 0.5) is 0 Å². The van der Waals surface area contributed by atoms with Crippen LogP contribution in [0.3, 0.4) is 0 Å². The molecule has 1 N–H and O–H groups in total. The van der Waals surface area contributed by atoms with Crippen LogP contribution in [0, 0.1) is 4.77 Å². The number of nitrogens with one attached hydrogen (secondary N) is 1. The third kappa shape index (κ3) is 3.94. The van der Waals surface area contributed by atoms with Gasteiger partial charge in [0, 0.05) is 30.9 Å². The molecule has 2 atom stereocenters. The van der Waals surface area contributed by atoms with E-state index in [9.17, 15) is 8.42 Å². The second-order valence-electron chi connectivity index (χ2n) is 6.52. The molecule has 0 amide bonds. The number of allylic oxidation sites excluding steroid dienone is 1. The van der Waals surface area contributed by atoms with E-state index < -0.39 is 9.84 Å². The molecule has 26 heavy (non-hydrogen) atoms. The molecule has 3 heterocycles. The molecule has 1 unspecified atom stereocenters. The van der Waals surface area contributed by atoms with Gasteiger partial charge in [-0.05, 0) is 31.3 Å². The number of sulfone groups is 1. The van der Waals surface area contributed by atoms with Crippen molar-refractivity contribution in [2.45, 2.75) is 32.6 Å². The van der Waals surface area contributed by atoms with Gasteiger partial charge in [0.15, 0.2) is 22.3 Å². The van der Waals surface area contributed by atoms with Gasteiger partial charge in [-0.3, -0.25) is 9.55 Å². The second-order valence-corrected chi connectivity index (χ2v) is 9.11. The standard InChI is InChI=1S/C17H23N5O2S2/c1-3-9-21-16(14-6-5-8-18-11-14)19-22(17(21)25)13-20(4-2)15-7-10-26(23,24)12-15/h3,5-6,8,11,15H,1,4,7,9-10,12-13H2,2H3/p+1/t15-/m1/s1. The summed E-state index contributed by atoms with van der Waals surface area (Å²) in [6.45, 7) is 7.79. The number of aromatic nitrogens is 4. The predicted octanol–water partition coefficient (Wildman–Crippen LogP) is 0.711. The first-order valence-electron chi connectivity index (χ1n) is 8.69. The van der Waals surface area contributed by atoms with E-state index >= 15 is 0 Å². The van der Waals surface area contributed by atoms with Crippen LogP contribution in [0.15, 0.2) is 37.2 Å². The highest BCUT2D eigenvalue weighted by molar-refractivity contribution is 7.91. The molecule has 0 aromatic carbocycles. The van der Waals surface area contributed by atoms with E-state index in [4.69, 9.17) is 17.3 Å². The van der Waals surface area contributed by atoms with E-state index in [0.29, 0.717) is 24.4 Å². The van der Waals surface area contributed by atoms with Crippen molar-refractivity contribution < 1.29 is 13.3 Å². The molecule has 3 rings (SSSR count). The molecule has 0 aliphatic carbocycles. The Balaban J connectivity index is 1.92. The summed E-state index contributed by atoms with van der Waals surface area (Å²) in [5, 5.41) is 4.71. The lowest BCUT2D eigenvalue weighted by molar-refractivity contribution is -0.943. The van der Waals surface area contributed by atoms with Gasteiger partial charge in [-0.25, -0.2) is 8.42 Å². The molecule has 2 aromatic heterocycles. The van der Waals surface area contributed by atoms with Crippen LogP contribution >= 0.6 is 12.2 Å². The quantitative estimate of drug-likeness (QED) is 0.553. The lowest BCUT2D eigenvalue weighted by atomic mass is 10.2. The highest BCUT2D eigenvalue weighted by atomic mass is 32.2. The Hall–Kier alpha value is -1.84. The van der Waals surface area contributed by atoms with Gasteiger partial charge >= 0.3 is 0 Å². The molecule has 1 fully saturated rings.